The molecule has 2 heterocycles. The number of likely N-dealkylation sites (tertiary alicyclic amines) is 1. The van der Waals surface area contributed by atoms with E-state index < -0.39 is 0 Å². The smallest absolute Gasteiger partial charge is 0.0594 e. The van der Waals surface area contributed by atoms with Gasteiger partial charge in [-0.1, -0.05) is 30.7 Å². The zero-order chi connectivity index (χ0) is 16.5. The van der Waals surface area contributed by atoms with Gasteiger partial charge in [0.25, 0.3) is 0 Å². The second kappa shape index (κ2) is 9.82. The van der Waals surface area contributed by atoms with E-state index in [1.807, 2.05) is 30.2 Å². The van der Waals surface area contributed by atoms with Crippen LogP contribution in [-0.4, -0.2) is 41.9 Å². The second-order valence-electron chi connectivity index (χ2n) is 6.11. The van der Waals surface area contributed by atoms with Gasteiger partial charge in [-0.25, -0.2) is 0 Å². The van der Waals surface area contributed by atoms with Crippen LogP contribution >= 0.6 is 11.8 Å². The third-order valence-electron chi connectivity index (χ3n) is 4.45. The molecule has 0 spiro atoms. The highest BCUT2D eigenvalue weighted by Gasteiger charge is 2.23. The zero-order valence-electron chi connectivity index (χ0n) is 14.1. The molecule has 0 unspecified atom stereocenters. The van der Waals surface area contributed by atoms with Crippen LogP contribution in [-0.2, 0) is 4.74 Å². The summed E-state index contributed by atoms with van der Waals surface area (Å²) in [6.07, 6.45) is 7.70. The van der Waals surface area contributed by atoms with E-state index in [-0.39, 0.29) is 0 Å². The SMILES string of the molecule is c1ccc(SCCOCCN2CCCC[C@@H]2c2cccnc2)cc1. The fraction of sp³-hybridized carbons (Fsp3) is 0.450. The lowest BCUT2D eigenvalue weighted by molar-refractivity contribution is 0.0782. The van der Waals surface area contributed by atoms with Gasteiger partial charge >= 0.3 is 0 Å². The third-order valence-corrected chi connectivity index (χ3v) is 5.42. The summed E-state index contributed by atoms with van der Waals surface area (Å²) in [5.74, 6) is 1.01. The number of aromatic nitrogens is 1. The van der Waals surface area contributed by atoms with Crippen molar-refractivity contribution < 1.29 is 4.74 Å². The van der Waals surface area contributed by atoms with Crippen LogP contribution < -0.4 is 0 Å². The Hall–Kier alpha value is -1.36. The normalized spacial score (nSPS) is 18.6. The minimum absolute atomic E-state index is 0.509. The van der Waals surface area contributed by atoms with E-state index in [0.717, 1.165) is 25.5 Å². The number of piperidine rings is 1. The van der Waals surface area contributed by atoms with Crippen LogP contribution in [0.5, 0.6) is 0 Å². The number of nitrogens with zero attached hydrogens (tertiary/aromatic N) is 2. The average Bonchev–Trinajstić information content (AvgIpc) is 2.66. The van der Waals surface area contributed by atoms with Crippen molar-refractivity contribution in [3.05, 3.63) is 60.4 Å². The van der Waals surface area contributed by atoms with E-state index in [2.05, 4.69) is 46.3 Å². The molecule has 0 amide bonds. The van der Waals surface area contributed by atoms with E-state index >= 15 is 0 Å². The van der Waals surface area contributed by atoms with Crippen LogP contribution in [0.3, 0.4) is 0 Å². The van der Waals surface area contributed by atoms with Gasteiger partial charge in [-0.05, 0) is 43.1 Å². The lowest BCUT2D eigenvalue weighted by Gasteiger charge is -2.35. The molecule has 1 aromatic heterocycles. The summed E-state index contributed by atoms with van der Waals surface area (Å²) >= 11 is 1.86. The molecular formula is C20H26N2OS. The van der Waals surface area contributed by atoms with Crippen molar-refractivity contribution in [1.29, 1.82) is 0 Å². The molecule has 2 aromatic rings. The molecule has 1 saturated heterocycles. The molecule has 0 N–H and O–H groups in total. The predicted molar refractivity (Wildman–Crippen MR) is 100 cm³/mol. The monoisotopic (exact) mass is 342 g/mol. The summed E-state index contributed by atoms with van der Waals surface area (Å²) in [6.45, 7) is 3.80. The first-order chi connectivity index (χ1) is 11.9. The molecule has 0 aliphatic carbocycles. The summed E-state index contributed by atoms with van der Waals surface area (Å²) < 4.78 is 5.86. The van der Waals surface area contributed by atoms with Gasteiger partial charge in [0.2, 0.25) is 0 Å². The summed E-state index contributed by atoms with van der Waals surface area (Å²) in [5.41, 5.74) is 1.34. The molecule has 1 fully saturated rings. The van der Waals surface area contributed by atoms with E-state index in [0.29, 0.717) is 6.04 Å². The number of hydrogen-bond acceptors (Lipinski definition) is 4. The van der Waals surface area contributed by atoms with E-state index in [1.165, 1.54) is 36.3 Å². The Morgan fingerprint density at radius 1 is 1.08 bits per heavy atom. The Kier molecular flexibility index (Phi) is 7.14. The Morgan fingerprint density at radius 3 is 2.83 bits per heavy atom. The van der Waals surface area contributed by atoms with Gasteiger partial charge in [0.15, 0.2) is 0 Å². The van der Waals surface area contributed by atoms with Crippen molar-refractivity contribution in [2.24, 2.45) is 0 Å². The van der Waals surface area contributed by atoms with Crippen molar-refractivity contribution in [3.63, 3.8) is 0 Å². The van der Waals surface area contributed by atoms with Gasteiger partial charge in [0.05, 0.1) is 13.2 Å². The first-order valence-corrected chi connectivity index (χ1v) is 9.81. The maximum atomic E-state index is 5.86. The molecule has 1 aliphatic heterocycles. The molecule has 3 nitrogen and oxygen atoms in total. The van der Waals surface area contributed by atoms with Gasteiger partial charge in [-0.2, -0.15) is 0 Å². The van der Waals surface area contributed by atoms with Crippen molar-refractivity contribution in [2.75, 3.05) is 32.1 Å². The Morgan fingerprint density at radius 2 is 2.00 bits per heavy atom. The lowest BCUT2D eigenvalue weighted by Crippen LogP contribution is -2.36. The van der Waals surface area contributed by atoms with Crippen LogP contribution in [0.25, 0.3) is 0 Å². The molecule has 1 atom stereocenters. The minimum atomic E-state index is 0.509. The van der Waals surface area contributed by atoms with Gasteiger partial charge in [0.1, 0.15) is 0 Å². The van der Waals surface area contributed by atoms with Crippen LogP contribution in [0, 0.1) is 0 Å². The predicted octanol–water partition coefficient (Wildman–Crippen LogP) is 4.42. The molecule has 4 heteroatoms. The molecule has 128 valence electrons. The Labute approximate surface area is 149 Å². The number of hydrogen-bond donors (Lipinski definition) is 0. The average molecular weight is 343 g/mol. The highest BCUT2D eigenvalue weighted by molar-refractivity contribution is 7.99. The summed E-state index contributed by atoms with van der Waals surface area (Å²) in [5, 5.41) is 0. The number of benzene rings is 1. The number of pyridine rings is 1. The van der Waals surface area contributed by atoms with E-state index in [9.17, 15) is 0 Å². The van der Waals surface area contributed by atoms with Crippen molar-refractivity contribution in [1.82, 2.24) is 9.88 Å². The van der Waals surface area contributed by atoms with Crippen molar-refractivity contribution >= 4 is 11.8 Å². The molecule has 0 bridgehead atoms. The van der Waals surface area contributed by atoms with Gasteiger partial charge < -0.3 is 4.74 Å². The topological polar surface area (TPSA) is 25.4 Å². The zero-order valence-corrected chi connectivity index (χ0v) is 15.0. The molecule has 1 aliphatic rings. The van der Waals surface area contributed by atoms with Crippen LogP contribution in [0.1, 0.15) is 30.9 Å². The van der Waals surface area contributed by atoms with Gasteiger partial charge in [0, 0.05) is 35.6 Å². The van der Waals surface area contributed by atoms with E-state index in [1.54, 1.807) is 0 Å². The van der Waals surface area contributed by atoms with Gasteiger partial charge in [-0.3, -0.25) is 9.88 Å². The largest absolute Gasteiger partial charge is 0.379 e. The Bertz CT molecular complexity index is 579. The molecule has 0 saturated carbocycles. The first kappa shape index (κ1) is 17.5. The standard InChI is InChI=1S/C20H26N2OS/c1-2-8-19(9-3-1)24-16-15-23-14-13-22-12-5-4-10-20(22)18-7-6-11-21-17-18/h1-3,6-9,11,17,20H,4-5,10,12-16H2/t20-/m1/s1. The fourth-order valence-corrected chi connectivity index (χ4v) is 4.01. The van der Waals surface area contributed by atoms with E-state index in [4.69, 9.17) is 4.74 Å². The first-order valence-electron chi connectivity index (χ1n) is 8.83. The molecule has 24 heavy (non-hydrogen) atoms. The maximum absolute atomic E-state index is 5.86. The van der Waals surface area contributed by atoms with Crippen molar-refractivity contribution in [3.8, 4) is 0 Å². The highest BCUT2D eigenvalue weighted by atomic mass is 32.2. The lowest BCUT2D eigenvalue weighted by atomic mass is 9.96. The number of ether oxygens (including phenoxy) is 1. The third kappa shape index (κ3) is 5.33. The van der Waals surface area contributed by atoms with Crippen LogP contribution in [0.15, 0.2) is 59.8 Å². The van der Waals surface area contributed by atoms with Crippen LogP contribution in [0.4, 0.5) is 0 Å². The summed E-state index contributed by atoms with van der Waals surface area (Å²) in [4.78, 5) is 8.16. The minimum Gasteiger partial charge on any atom is -0.379 e. The van der Waals surface area contributed by atoms with Crippen LogP contribution in [0.2, 0.25) is 0 Å². The molecular weight excluding hydrogens is 316 g/mol. The quantitative estimate of drug-likeness (QED) is 0.524. The summed E-state index contributed by atoms with van der Waals surface area (Å²) in [6, 6.07) is 15.3. The maximum Gasteiger partial charge on any atom is 0.0594 e. The van der Waals surface area contributed by atoms with Gasteiger partial charge in [-0.15, -0.1) is 11.8 Å². The Balaban J connectivity index is 1.37. The number of thioether (sulfide) groups is 1. The highest BCUT2D eigenvalue weighted by Crippen LogP contribution is 2.29. The summed E-state index contributed by atoms with van der Waals surface area (Å²) in [7, 11) is 0. The number of rotatable bonds is 8. The fourth-order valence-electron chi connectivity index (χ4n) is 3.23. The molecule has 1 aromatic carbocycles. The van der Waals surface area contributed by atoms with Crippen molar-refractivity contribution in [2.45, 2.75) is 30.2 Å². The molecule has 0 radical (unpaired) electrons. The second-order valence-corrected chi connectivity index (χ2v) is 7.28. The molecule has 3 rings (SSSR count).